The summed E-state index contributed by atoms with van der Waals surface area (Å²) in [4.78, 5) is 13.2. The normalized spacial score (nSPS) is 14.9. The molecule has 0 radical (unpaired) electrons. The molecule has 1 aliphatic rings. The van der Waals surface area contributed by atoms with Crippen LogP contribution in [0.1, 0.15) is 5.56 Å². The molecular formula is C18H23FIN5. The predicted octanol–water partition coefficient (Wildman–Crippen LogP) is 2.74. The van der Waals surface area contributed by atoms with Crippen molar-refractivity contribution in [3.63, 3.8) is 0 Å². The zero-order valence-electron chi connectivity index (χ0n) is 14.2. The van der Waals surface area contributed by atoms with Crippen molar-refractivity contribution in [2.24, 2.45) is 4.99 Å². The fourth-order valence-electron chi connectivity index (χ4n) is 2.84. The van der Waals surface area contributed by atoms with Crippen LogP contribution >= 0.6 is 24.0 Å². The zero-order chi connectivity index (χ0) is 16.8. The Kier molecular flexibility index (Phi) is 7.42. The lowest BCUT2D eigenvalue weighted by molar-refractivity contribution is 0.371. The van der Waals surface area contributed by atoms with E-state index in [9.17, 15) is 4.39 Å². The van der Waals surface area contributed by atoms with E-state index in [0.717, 1.165) is 38.0 Å². The van der Waals surface area contributed by atoms with Gasteiger partial charge in [-0.3, -0.25) is 4.99 Å². The molecule has 1 aliphatic heterocycles. The number of aliphatic imine (C=N–C) groups is 1. The predicted molar refractivity (Wildman–Crippen MR) is 110 cm³/mol. The molecule has 0 aliphatic carbocycles. The molecule has 5 nitrogen and oxygen atoms in total. The van der Waals surface area contributed by atoms with Gasteiger partial charge in [-0.1, -0.05) is 24.3 Å². The van der Waals surface area contributed by atoms with Gasteiger partial charge in [0.15, 0.2) is 5.96 Å². The second kappa shape index (κ2) is 9.55. The molecule has 2 heterocycles. The number of nitrogens with one attached hydrogen (secondary N) is 1. The number of rotatable bonds is 3. The topological polar surface area (TPSA) is 43.8 Å². The Bertz CT molecular complexity index is 687. The van der Waals surface area contributed by atoms with Gasteiger partial charge in [-0.25, -0.2) is 9.37 Å². The van der Waals surface area contributed by atoms with Gasteiger partial charge in [0.05, 0.1) is 0 Å². The van der Waals surface area contributed by atoms with Crippen molar-refractivity contribution >= 4 is 35.8 Å². The van der Waals surface area contributed by atoms with E-state index in [2.05, 4.69) is 25.1 Å². The third-order valence-corrected chi connectivity index (χ3v) is 4.16. The van der Waals surface area contributed by atoms with Crippen molar-refractivity contribution in [3.05, 3.63) is 60.0 Å². The molecule has 3 rings (SSSR count). The van der Waals surface area contributed by atoms with Crippen LogP contribution in [0, 0.1) is 5.82 Å². The number of hydrogen-bond acceptors (Lipinski definition) is 3. The van der Waals surface area contributed by atoms with Gasteiger partial charge in [-0.15, -0.1) is 24.0 Å². The maximum atomic E-state index is 13.7. The van der Waals surface area contributed by atoms with Crippen LogP contribution in [-0.4, -0.2) is 49.1 Å². The van der Waals surface area contributed by atoms with E-state index in [4.69, 9.17) is 0 Å². The number of piperazine rings is 1. The van der Waals surface area contributed by atoms with E-state index in [1.54, 1.807) is 19.2 Å². The van der Waals surface area contributed by atoms with E-state index < -0.39 is 0 Å². The number of nitrogens with zero attached hydrogens (tertiary/aromatic N) is 4. The molecule has 134 valence electrons. The molecule has 0 bridgehead atoms. The van der Waals surface area contributed by atoms with Gasteiger partial charge in [-0.2, -0.15) is 0 Å². The Labute approximate surface area is 165 Å². The summed E-state index contributed by atoms with van der Waals surface area (Å²) in [5, 5.41) is 3.25. The van der Waals surface area contributed by atoms with Gasteiger partial charge in [0.1, 0.15) is 11.6 Å². The first-order valence-electron chi connectivity index (χ1n) is 8.13. The number of halogens is 2. The van der Waals surface area contributed by atoms with Crippen LogP contribution in [0.5, 0.6) is 0 Å². The fourth-order valence-corrected chi connectivity index (χ4v) is 2.84. The molecule has 0 spiro atoms. The molecule has 1 aromatic carbocycles. The Morgan fingerprint density at radius 1 is 1.12 bits per heavy atom. The molecule has 2 aromatic rings. The maximum Gasteiger partial charge on any atom is 0.194 e. The Hall–Kier alpha value is -1.90. The van der Waals surface area contributed by atoms with Crippen LogP contribution in [0.3, 0.4) is 0 Å². The summed E-state index contributed by atoms with van der Waals surface area (Å²) in [5.41, 5.74) is 0.644. The molecule has 7 heteroatoms. The highest BCUT2D eigenvalue weighted by molar-refractivity contribution is 14.0. The molecule has 1 N–H and O–H groups in total. The molecule has 1 saturated heterocycles. The number of benzene rings is 1. The summed E-state index contributed by atoms with van der Waals surface area (Å²) in [5.74, 6) is 1.62. The third kappa shape index (κ3) is 5.04. The Morgan fingerprint density at radius 2 is 1.84 bits per heavy atom. The first-order chi connectivity index (χ1) is 11.8. The second-order valence-corrected chi connectivity index (χ2v) is 5.65. The molecule has 0 amide bonds. The average molecular weight is 455 g/mol. The summed E-state index contributed by atoms with van der Waals surface area (Å²) in [7, 11) is 1.76. The molecule has 0 atom stereocenters. The van der Waals surface area contributed by atoms with Gasteiger partial charge in [0, 0.05) is 51.5 Å². The van der Waals surface area contributed by atoms with Crippen molar-refractivity contribution in [2.75, 3.05) is 38.1 Å². The smallest absolute Gasteiger partial charge is 0.194 e. The van der Waals surface area contributed by atoms with Crippen molar-refractivity contribution in [3.8, 4) is 0 Å². The van der Waals surface area contributed by atoms with Crippen LogP contribution in [0.25, 0.3) is 0 Å². The summed E-state index contributed by atoms with van der Waals surface area (Å²) >= 11 is 0. The van der Waals surface area contributed by atoms with E-state index in [1.807, 2.05) is 30.5 Å². The van der Waals surface area contributed by atoms with E-state index in [0.29, 0.717) is 12.1 Å². The molecule has 25 heavy (non-hydrogen) atoms. The van der Waals surface area contributed by atoms with E-state index in [1.165, 1.54) is 6.07 Å². The number of anilines is 1. The maximum absolute atomic E-state index is 13.7. The first kappa shape index (κ1) is 19.4. The average Bonchev–Trinajstić information content (AvgIpc) is 2.65. The molecule has 1 aromatic heterocycles. The number of pyridine rings is 1. The SMILES string of the molecule is CN=C(NCc1ccccc1F)N1CCN(c2ccccn2)CC1.I. The zero-order valence-corrected chi connectivity index (χ0v) is 16.6. The summed E-state index contributed by atoms with van der Waals surface area (Å²) < 4.78 is 13.7. The molecule has 0 saturated carbocycles. The van der Waals surface area contributed by atoms with Crippen LogP contribution < -0.4 is 10.2 Å². The highest BCUT2D eigenvalue weighted by Crippen LogP contribution is 2.13. The van der Waals surface area contributed by atoms with Gasteiger partial charge >= 0.3 is 0 Å². The highest BCUT2D eigenvalue weighted by Gasteiger charge is 2.20. The standard InChI is InChI=1S/C18H22FN5.HI/c1-20-18(22-14-15-6-2-3-7-16(15)19)24-12-10-23(11-13-24)17-8-4-5-9-21-17;/h2-9H,10-14H2,1H3,(H,20,22);1H. The lowest BCUT2D eigenvalue weighted by atomic mass is 10.2. The van der Waals surface area contributed by atoms with Crippen molar-refractivity contribution in [2.45, 2.75) is 6.54 Å². The van der Waals surface area contributed by atoms with Crippen molar-refractivity contribution in [1.29, 1.82) is 0 Å². The molecular weight excluding hydrogens is 432 g/mol. The van der Waals surface area contributed by atoms with Crippen LogP contribution in [0.15, 0.2) is 53.7 Å². The van der Waals surface area contributed by atoms with Crippen LogP contribution in [-0.2, 0) is 6.54 Å². The van der Waals surface area contributed by atoms with E-state index >= 15 is 0 Å². The van der Waals surface area contributed by atoms with Crippen LogP contribution in [0.2, 0.25) is 0 Å². The molecule has 1 fully saturated rings. The van der Waals surface area contributed by atoms with Gasteiger partial charge < -0.3 is 15.1 Å². The van der Waals surface area contributed by atoms with Gasteiger partial charge in [0.25, 0.3) is 0 Å². The Morgan fingerprint density at radius 3 is 2.48 bits per heavy atom. The minimum atomic E-state index is -0.194. The largest absolute Gasteiger partial charge is 0.353 e. The molecule has 0 unspecified atom stereocenters. The van der Waals surface area contributed by atoms with Gasteiger partial charge in [-0.05, 0) is 18.2 Å². The third-order valence-electron chi connectivity index (χ3n) is 4.16. The number of guanidine groups is 1. The second-order valence-electron chi connectivity index (χ2n) is 5.65. The van der Waals surface area contributed by atoms with E-state index in [-0.39, 0.29) is 29.8 Å². The summed E-state index contributed by atoms with van der Waals surface area (Å²) in [6, 6.07) is 12.8. The lowest BCUT2D eigenvalue weighted by Gasteiger charge is -2.37. The summed E-state index contributed by atoms with van der Waals surface area (Å²) in [6.45, 7) is 3.91. The fraction of sp³-hybridized carbons (Fsp3) is 0.333. The first-order valence-corrected chi connectivity index (χ1v) is 8.13. The van der Waals surface area contributed by atoms with Crippen LogP contribution in [0.4, 0.5) is 10.2 Å². The highest BCUT2D eigenvalue weighted by atomic mass is 127. The lowest BCUT2D eigenvalue weighted by Crippen LogP contribution is -2.52. The summed E-state index contributed by atoms with van der Waals surface area (Å²) in [6.07, 6.45) is 1.82. The Balaban J connectivity index is 0.00000225. The number of aromatic nitrogens is 1. The monoisotopic (exact) mass is 455 g/mol. The van der Waals surface area contributed by atoms with Gasteiger partial charge in [0.2, 0.25) is 0 Å². The number of hydrogen-bond donors (Lipinski definition) is 1. The minimum absolute atomic E-state index is 0. The van der Waals surface area contributed by atoms with Crippen molar-refractivity contribution in [1.82, 2.24) is 15.2 Å². The quantitative estimate of drug-likeness (QED) is 0.439. The minimum Gasteiger partial charge on any atom is -0.353 e. The van der Waals surface area contributed by atoms with Crippen molar-refractivity contribution < 1.29 is 4.39 Å².